The zero-order valence-corrected chi connectivity index (χ0v) is 12.5. The summed E-state index contributed by atoms with van der Waals surface area (Å²) in [6.07, 6.45) is 0. The van der Waals surface area contributed by atoms with E-state index in [0.29, 0.717) is 0 Å². The zero-order valence-electron chi connectivity index (χ0n) is 10.9. The van der Waals surface area contributed by atoms with E-state index in [2.05, 4.69) is 63.8 Å². The average Bonchev–Trinajstić information content (AvgIpc) is 2.25. The molecule has 0 aliphatic heterocycles. The van der Waals surface area contributed by atoms with Crippen molar-refractivity contribution in [1.29, 1.82) is 0 Å². The van der Waals surface area contributed by atoms with E-state index < -0.39 is 0 Å². The normalized spacial score (nSPS) is 12.8. The third kappa shape index (κ3) is 6.66. The largest absolute Gasteiger partial charge is 0.124 e. The van der Waals surface area contributed by atoms with Gasteiger partial charge in [-0.25, -0.2) is 0 Å². The Labute approximate surface area is 114 Å². The van der Waals surface area contributed by atoms with Gasteiger partial charge in [0.1, 0.15) is 5.38 Å². The van der Waals surface area contributed by atoms with E-state index in [4.69, 9.17) is 11.6 Å². The summed E-state index contributed by atoms with van der Waals surface area (Å²) in [5.41, 5.74) is 1.31. The first kappa shape index (κ1) is 14.5. The van der Waals surface area contributed by atoms with Gasteiger partial charge in [0, 0.05) is 16.1 Å². The fourth-order valence-corrected chi connectivity index (χ4v) is 2.13. The second-order valence-corrected chi connectivity index (χ2v) is 6.73. The summed E-state index contributed by atoms with van der Waals surface area (Å²) in [4.78, 5) is 1.25. The van der Waals surface area contributed by atoms with Gasteiger partial charge in [-0.2, -0.15) is 0 Å². The molecule has 17 heavy (non-hydrogen) atoms. The highest BCUT2D eigenvalue weighted by atomic mass is 35.5. The summed E-state index contributed by atoms with van der Waals surface area (Å²) < 4.78 is 0. The van der Waals surface area contributed by atoms with Crippen molar-refractivity contribution >= 4 is 23.4 Å². The molecular formula is C15H19ClS. The van der Waals surface area contributed by atoms with Gasteiger partial charge < -0.3 is 0 Å². The molecule has 0 saturated heterocycles. The van der Waals surface area contributed by atoms with Crippen molar-refractivity contribution in [3.63, 3.8) is 0 Å². The van der Waals surface area contributed by atoms with Crippen molar-refractivity contribution in [3.05, 3.63) is 29.8 Å². The molecule has 0 fully saturated rings. The van der Waals surface area contributed by atoms with Crippen molar-refractivity contribution in [2.45, 2.75) is 38.0 Å². The molecule has 0 bridgehead atoms. The minimum Gasteiger partial charge on any atom is -0.124 e. The lowest BCUT2D eigenvalue weighted by molar-refractivity contribution is 0.570. The Morgan fingerprint density at radius 1 is 1.24 bits per heavy atom. The molecule has 0 heterocycles. The smallest absolute Gasteiger partial charge is 0.104 e. The first-order valence-electron chi connectivity index (χ1n) is 5.73. The van der Waals surface area contributed by atoms with E-state index in [1.165, 1.54) is 10.5 Å². The molecule has 1 aromatic carbocycles. The summed E-state index contributed by atoms with van der Waals surface area (Å²) in [6, 6.07) is 8.49. The predicted molar refractivity (Wildman–Crippen MR) is 78.8 cm³/mol. The molecular weight excluding hydrogens is 248 g/mol. The maximum Gasteiger partial charge on any atom is 0.104 e. The molecule has 0 radical (unpaired) electrons. The van der Waals surface area contributed by atoms with Crippen LogP contribution in [-0.2, 0) is 0 Å². The van der Waals surface area contributed by atoms with Crippen molar-refractivity contribution in [2.75, 3.05) is 5.75 Å². The second kappa shape index (κ2) is 6.38. The van der Waals surface area contributed by atoms with Gasteiger partial charge in [0.25, 0.3) is 0 Å². The molecule has 1 unspecified atom stereocenters. The molecule has 92 valence electrons. The maximum absolute atomic E-state index is 6.17. The highest BCUT2D eigenvalue weighted by molar-refractivity contribution is 7.99. The van der Waals surface area contributed by atoms with Crippen LogP contribution in [0.2, 0.25) is 0 Å². The number of rotatable bonds is 3. The topological polar surface area (TPSA) is 0 Å². The zero-order chi connectivity index (χ0) is 12.9. The lowest BCUT2D eigenvalue weighted by Crippen LogP contribution is -2.04. The summed E-state index contributed by atoms with van der Waals surface area (Å²) in [5.74, 6) is 7.10. The third-order valence-electron chi connectivity index (χ3n) is 2.02. The van der Waals surface area contributed by atoms with E-state index >= 15 is 0 Å². The van der Waals surface area contributed by atoms with Crippen LogP contribution < -0.4 is 0 Å². The van der Waals surface area contributed by atoms with E-state index in [1.54, 1.807) is 11.8 Å². The van der Waals surface area contributed by atoms with Crippen LogP contribution in [0.25, 0.3) is 0 Å². The summed E-state index contributed by atoms with van der Waals surface area (Å²) in [7, 11) is 0. The molecule has 1 atom stereocenters. The van der Waals surface area contributed by atoms with Crippen LogP contribution in [0.5, 0.6) is 0 Å². The maximum atomic E-state index is 6.17. The molecule has 0 aliphatic carbocycles. The number of halogens is 1. The Morgan fingerprint density at radius 2 is 1.82 bits per heavy atom. The molecule has 0 amide bonds. The van der Waals surface area contributed by atoms with Crippen LogP contribution in [0.15, 0.2) is 29.2 Å². The molecule has 0 spiro atoms. The van der Waals surface area contributed by atoms with Crippen LogP contribution in [0, 0.1) is 24.2 Å². The minimum atomic E-state index is -0.0828. The SMILES string of the molecule is Cc1ccc(SCC(Cl)C#CC(C)(C)C)cc1. The van der Waals surface area contributed by atoms with Gasteiger partial charge in [-0.15, -0.1) is 23.4 Å². The fourth-order valence-electron chi connectivity index (χ4n) is 1.14. The molecule has 0 saturated carbocycles. The average molecular weight is 267 g/mol. The van der Waals surface area contributed by atoms with Gasteiger partial charge in [0.2, 0.25) is 0 Å². The Balaban J connectivity index is 2.45. The van der Waals surface area contributed by atoms with Gasteiger partial charge in [-0.3, -0.25) is 0 Å². The van der Waals surface area contributed by atoms with Gasteiger partial charge in [-0.1, -0.05) is 29.5 Å². The van der Waals surface area contributed by atoms with E-state index in [0.717, 1.165) is 5.75 Å². The van der Waals surface area contributed by atoms with Crippen molar-refractivity contribution < 1.29 is 0 Å². The highest BCUT2D eigenvalue weighted by Gasteiger charge is 2.06. The number of thioether (sulfide) groups is 1. The van der Waals surface area contributed by atoms with Crippen molar-refractivity contribution in [1.82, 2.24) is 0 Å². The lowest BCUT2D eigenvalue weighted by Gasteiger charge is -2.08. The highest BCUT2D eigenvalue weighted by Crippen LogP contribution is 2.21. The molecule has 0 aromatic heterocycles. The molecule has 2 heteroatoms. The summed E-state index contributed by atoms with van der Waals surface area (Å²) >= 11 is 7.93. The molecule has 0 nitrogen and oxygen atoms in total. The van der Waals surface area contributed by atoms with Crippen LogP contribution in [-0.4, -0.2) is 11.1 Å². The number of hydrogen-bond acceptors (Lipinski definition) is 1. The van der Waals surface area contributed by atoms with Crippen molar-refractivity contribution in [2.24, 2.45) is 5.41 Å². The lowest BCUT2D eigenvalue weighted by atomic mass is 9.98. The predicted octanol–water partition coefficient (Wildman–Crippen LogP) is 4.74. The molecule has 1 rings (SSSR count). The standard InChI is InChI=1S/C15H19ClS/c1-12-5-7-14(8-6-12)17-11-13(16)9-10-15(2,3)4/h5-8,13H,11H2,1-4H3. The van der Waals surface area contributed by atoms with Gasteiger partial charge in [-0.05, 0) is 39.8 Å². The van der Waals surface area contributed by atoms with E-state index in [1.807, 2.05) is 0 Å². The molecule has 0 N–H and O–H groups in total. The molecule has 1 aromatic rings. The summed E-state index contributed by atoms with van der Waals surface area (Å²) in [5, 5.41) is -0.0828. The quantitative estimate of drug-likeness (QED) is 0.432. The second-order valence-electron chi connectivity index (χ2n) is 5.11. The third-order valence-corrected chi connectivity index (χ3v) is 3.57. The Bertz CT molecular complexity index is 403. The minimum absolute atomic E-state index is 0.0294. The number of hydrogen-bond donors (Lipinski definition) is 0. The Hall–Kier alpha value is -0.580. The number of aryl methyl sites for hydroxylation is 1. The van der Waals surface area contributed by atoms with Crippen LogP contribution in [0.4, 0.5) is 0 Å². The van der Waals surface area contributed by atoms with Crippen LogP contribution >= 0.6 is 23.4 Å². The first-order chi connectivity index (χ1) is 7.87. The van der Waals surface area contributed by atoms with Gasteiger partial charge in [0.15, 0.2) is 0 Å². The fraction of sp³-hybridized carbons (Fsp3) is 0.467. The Morgan fingerprint density at radius 3 is 2.35 bits per heavy atom. The number of alkyl halides is 1. The van der Waals surface area contributed by atoms with E-state index in [-0.39, 0.29) is 10.8 Å². The van der Waals surface area contributed by atoms with Crippen molar-refractivity contribution in [3.8, 4) is 11.8 Å². The number of benzene rings is 1. The molecule has 0 aliphatic rings. The summed E-state index contributed by atoms with van der Waals surface area (Å²) in [6.45, 7) is 8.37. The van der Waals surface area contributed by atoms with Crippen LogP contribution in [0.1, 0.15) is 26.3 Å². The van der Waals surface area contributed by atoms with Gasteiger partial charge >= 0.3 is 0 Å². The Kier molecular flexibility index (Phi) is 5.43. The van der Waals surface area contributed by atoms with E-state index in [9.17, 15) is 0 Å². The monoisotopic (exact) mass is 266 g/mol. The first-order valence-corrected chi connectivity index (χ1v) is 7.15. The van der Waals surface area contributed by atoms with Crippen LogP contribution in [0.3, 0.4) is 0 Å². The van der Waals surface area contributed by atoms with Gasteiger partial charge in [0.05, 0.1) is 0 Å².